The molecule has 0 aliphatic carbocycles. The Morgan fingerprint density at radius 3 is 2.38 bits per heavy atom. The summed E-state index contributed by atoms with van der Waals surface area (Å²) in [5.74, 6) is 0.303. The molecular formula is C9H14IN3O2S. The lowest BCUT2D eigenvalue weighted by Crippen LogP contribution is -2.43. The molecule has 0 amide bonds. The highest BCUT2D eigenvalue weighted by molar-refractivity contribution is 14.1. The summed E-state index contributed by atoms with van der Waals surface area (Å²) in [5.41, 5.74) is -0.519. The van der Waals surface area contributed by atoms with Crippen molar-refractivity contribution < 1.29 is 8.42 Å². The molecule has 90 valence electrons. The van der Waals surface area contributed by atoms with E-state index in [2.05, 4.69) is 37.0 Å². The van der Waals surface area contributed by atoms with Gasteiger partial charge in [-0.25, -0.2) is 4.98 Å². The van der Waals surface area contributed by atoms with Crippen LogP contribution in [0.5, 0.6) is 0 Å². The lowest BCUT2D eigenvalue weighted by Gasteiger charge is -2.20. The molecule has 0 atom stereocenters. The average molecular weight is 355 g/mol. The number of hydrogen-bond acceptors (Lipinski definition) is 3. The van der Waals surface area contributed by atoms with Gasteiger partial charge in [0.05, 0.1) is 0 Å². The van der Waals surface area contributed by atoms with E-state index in [1.165, 1.54) is 0 Å². The molecule has 1 aromatic rings. The van der Waals surface area contributed by atoms with Gasteiger partial charge >= 0.3 is 10.2 Å². The van der Waals surface area contributed by atoms with Crippen LogP contribution in [-0.2, 0) is 10.2 Å². The number of pyridine rings is 1. The van der Waals surface area contributed by atoms with Crippen molar-refractivity contribution in [3.8, 4) is 0 Å². The van der Waals surface area contributed by atoms with E-state index in [4.69, 9.17) is 0 Å². The highest BCUT2D eigenvalue weighted by atomic mass is 127. The number of hydrogen-bond donors (Lipinski definition) is 2. The summed E-state index contributed by atoms with van der Waals surface area (Å²) in [6, 6.07) is 3.40. The lowest BCUT2D eigenvalue weighted by atomic mass is 10.1. The van der Waals surface area contributed by atoms with E-state index < -0.39 is 15.7 Å². The molecule has 16 heavy (non-hydrogen) atoms. The third kappa shape index (κ3) is 5.08. The van der Waals surface area contributed by atoms with Crippen molar-refractivity contribution in [2.45, 2.75) is 26.3 Å². The zero-order valence-corrected chi connectivity index (χ0v) is 12.3. The Morgan fingerprint density at radius 1 is 1.31 bits per heavy atom. The van der Waals surface area contributed by atoms with Gasteiger partial charge in [0.2, 0.25) is 0 Å². The molecule has 1 aromatic heterocycles. The quantitative estimate of drug-likeness (QED) is 0.812. The van der Waals surface area contributed by atoms with Crippen molar-refractivity contribution in [3.63, 3.8) is 0 Å². The van der Waals surface area contributed by atoms with Crippen molar-refractivity contribution in [3.05, 3.63) is 21.9 Å². The summed E-state index contributed by atoms with van der Waals surface area (Å²) < 4.78 is 29.0. The molecule has 0 saturated carbocycles. The Hall–Kier alpha value is -0.410. The maximum atomic E-state index is 11.6. The van der Waals surface area contributed by atoms with E-state index >= 15 is 0 Å². The van der Waals surface area contributed by atoms with E-state index in [1.54, 1.807) is 39.1 Å². The Kier molecular flexibility index (Phi) is 4.13. The normalized spacial score (nSPS) is 12.5. The maximum Gasteiger partial charge on any atom is 0.300 e. The van der Waals surface area contributed by atoms with Gasteiger partial charge < -0.3 is 0 Å². The van der Waals surface area contributed by atoms with Gasteiger partial charge in [-0.3, -0.25) is 4.72 Å². The Bertz CT molecular complexity index is 451. The molecule has 7 heteroatoms. The van der Waals surface area contributed by atoms with Gasteiger partial charge in [-0.15, -0.1) is 0 Å². The number of nitrogens with zero attached hydrogens (tertiary/aromatic N) is 1. The second kappa shape index (κ2) is 4.84. The van der Waals surface area contributed by atoms with Crippen LogP contribution in [0, 0.1) is 3.57 Å². The standard InChI is InChI=1S/C9H14IN3O2S/c1-9(2,3)13-16(14,15)12-8-5-4-7(10)6-11-8/h4-6,13H,1-3H3,(H,11,12). The summed E-state index contributed by atoms with van der Waals surface area (Å²) in [5, 5.41) is 0. The summed E-state index contributed by atoms with van der Waals surface area (Å²) in [6.45, 7) is 5.31. The van der Waals surface area contributed by atoms with Crippen LogP contribution in [0.3, 0.4) is 0 Å². The smallest absolute Gasteiger partial charge is 0.255 e. The minimum Gasteiger partial charge on any atom is -0.255 e. The predicted octanol–water partition coefficient (Wildman–Crippen LogP) is 1.73. The molecule has 0 aliphatic heterocycles. The maximum absolute atomic E-state index is 11.6. The second-order valence-electron chi connectivity index (χ2n) is 4.32. The zero-order chi connectivity index (χ0) is 12.4. The first kappa shape index (κ1) is 13.7. The molecular weight excluding hydrogens is 341 g/mol. The van der Waals surface area contributed by atoms with Crippen LogP contribution in [0.4, 0.5) is 5.82 Å². The Balaban J connectivity index is 2.77. The molecule has 0 fully saturated rings. The van der Waals surface area contributed by atoms with Crippen molar-refractivity contribution in [1.29, 1.82) is 0 Å². The van der Waals surface area contributed by atoms with Gasteiger partial charge in [0.1, 0.15) is 5.82 Å². The fraction of sp³-hybridized carbons (Fsp3) is 0.444. The average Bonchev–Trinajstić information content (AvgIpc) is 2.04. The van der Waals surface area contributed by atoms with E-state index in [-0.39, 0.29) is 0 Å². The fourth-order valence-electron chi connectivity index (χ4n) is 1.00. The van der Waals surface area contributed by atoms with Crippen LogP contribution in [-0.4, -0.2) is 18.9 Å². The molecule has 1 rings (SSSR count). The van der Waals surface area contributed by atoms with Gasteiger partial charge in [0.25, 0.3) is 0 Å². The minimum absolute atomic E-state index is 0.303. The van der Waals surface area contributed by atoms with Crippen molar-refractivity contribution >= 4 is 38.6 Å². The highest BCUT2D eigenvalue weighted by Crippen LogP contribution is 2.09. The van der Waals surface area contributed by atoms with Gasteiger partial charge in [0, 0.05) is 15.3 Å². The molecule has 0 radical (unpaired) electrons. The zero-order valence-electron chi connectivity index (χ0n) is 9.28. The first-order chi connectivity index (χ1) is 7.18. The van der Waals surface area contributed by atoms with Gasteiger partial charge in [-0.2, -0.15) is 13.1 Å². The van der Waals surface area contributed by atoms with E-state index in [0.717, 1.165) is 3.57 Å². The Labute approximate surface area is 109 Å². The van der Waals surface area contributed by atoms with Crippen molar-refractivity contribution in [2.24, 2.45) is 0 Å². The summed E-state index contributed by atoms with van der Waals surface area (Å²) >= 11 is 2.10. The van der Waals surface area contributed by atoms with Crippen LogP contribution in [0.1, 0.15) is 20.8 Å². The van der Waals surface area contributed by atoms with Crippen LogP contribution in [0.25, 0.3) is 0 Å². The van der Waals surface area contributed by atoms with Crippen molar-refractivity contribution in [2.75, 3.05) is 4.72 Å². The van der Waals surface area contributed by atoms with Crippen LogP contribution < -0.4 is 9.44 Å². The summed E-state index contributed by atoms with van der Waals surface area (Å²) in [6.07, 6.45) is 1.59. The third-order valence-corrected chi connectivity index (χ3v) is 3.40. The topological polar surface area (TPSA) is 71.1 Å². The molecule has 0 saturated heterocycles. The van der Waals surface area contributed by atoms with E-state index in [1.807, 2.05) is 0 Å². The monoisotopic (exact) mass is 355 g/mol. The number of aromatic nitrogens is 1. The first-order valence-corrected chi connectivity index (χ1v) is 7.17. The SMILES string of the molecule is CC(C)(C)NS(=O)(=O)Nc1ccc(I)cn1. The van der Waals surface area contributed by atoms with Crippen molar-refractivity contribution in [1.82, 2.24) is 9.71 Å². The van der Waals surface area contributed by atoms with Gasteiger partial charge in [-0.05, 0) is 55.5 Å². The molecule has 2 N–H and O–H groups in total. The van der Waals surface area contributed by atoms with Crippen LogP contribution >= 0.6 is 22.6 Å². The second-order valence-corrected chi connectivity index (χ2v) is 6.98. The molecule has 0 aliphatic rings. The fourth-order valence-corrected chi connectivity index (χ4v) is 2.57. The summed E-state index contributed by atoms with van der Waals surface area (Å²) in [7, 11) is -3.57. The summed E-state index contributed by atoms with van der Waals surface area (Å²) in [4.78, 5) is 3.96. The molecule has 0 bridgehead atoms. The molecule has 0 aromatic carbocycles. The molecule has 1 heterocycles. The number of halogens is 1. The minimum atomic E-state index is -3.57. The third-order valence-electron chi connectivity index (χ3n) is 1.41. The number of rotatable bonds is 3. The number of anilines is 1. The molecule has 0 unspecified atom stereocenters. The lowest BCUT2D eigenvalue weighted by molar-refractivity contribution is 0.494. The van der Waals surface area contributed by atoms with Gasteiger partial charge in [-0.1, -0.05) is 0 Å². The highest BCUT2D eigenvalue weighted by Gasteiger charge is 2.19. The molecule has 0 spiro atoms. The predicted molar refractivity (Wildman–Crippen MR) is 72.4 cm³/mol. The van der Waals surface area contributed by atoms with Gasteiger partial charge in [0.15, 0.2) is 0 Å². The number of nitrogens with one attached hydrogen (secondary N) is 2. The molecule has 5 nitrogen and oxygen atoms in total. The van der Waals surface area contributed by atoms with E-state index in [0.29, 0.717) is 5.82 Å². The first-order valence-electron chi connectivity index (χ1n) is 4.61. The Morgan fingerprint density at radius 2 is 1.94 bits per heavy atom. The largest absolute Gasteiger partial charge is 0.300 e. The van der Waals surface area contributed by atoms with Crippen LogP contribution in [0.15, 0.2) is 18.3 Å². The van der Waals surface area contributed by atoms with Crippen LogP contribution in [0.2, 0.25) is 0 Å². The van der Waals surface area contributed by atoms with E-state index in [9.17, 15) is 8.42 Å².